The van der Waals surface area contributed by atoms with Gasteiger partial charge in [0, 0.05) is 12.6 Å². The second-order valence-corrected chi connectivity index (χ2v) is 5.86. The van der Waals surface area contributed by atoms with Crippen LogP contribution < -0.4 is 10.6 Å². The first-order valence-corrected chi connectivity index (χ1v) is 8.83. The molecule has 6 nitrogen and oxygen atoms in total. The van der Waals surface area contributed by atoms with Crippen LogP contribution in [0.25, 0.3) is 0 Å². The van der Waals surface area contributed by atoms with E-state index in [2.05, 4.69) is 41.3 Å². The lowest BCUT2D eigenvalue weighted by atomic mass is 10.1. The summed E-state index contributed by atoms with van der Waals surface area (Å²) in [5.74, 6) is 0.309. The monoisotopic (exact) mass is 456 g/mol. The highest BCUT2D eigenvalue weighted by molar-refractivity contribution is 14.0. The molecule has 0 rings (SSSR count). The maximum Gasteiger partial charge on any atom is 0.310 e. The summed E-state index contributed by atoms with van der Waals surface area (Å²) in [5.41, 5.74) is 0. The van der Waals surface area contributed by atoms with Crippen molar-refractivity contribution in [2.45, 2.75) is 53.5 Å². The Morgan fingerprint density at radius 2 is 1.83 bits per heavy atom. The largest absolute Gasteiger partial charge is 0.469 e. The molecule has 24 heavy (non-hydrogen) atoms. The normalized spacial score (nSPS) is 13.9. The maximum absolute atomic E-state index is 11.4. The number of methoxy groups -OCH3 is 1. The lowest BCUT2D eigenvalue weighted by Crippen LogP contribution is -2.43. The van der Waals surface area contributed by atoms with E-state index in [1.54, 1.807) is 0 Å². The van der Waals surface area contributed by atoms with Crippen LogP contribution in [0.3, 0.4) is 0 Å². The van der Waals surface area contributed by atoms with Crippen LogP contribution in [0.15, 0.2) is 4.99 Å². The highest BCUT2D eigenvalue weighted by Gasteiger charge is 2.13. The minimum atomic E-state index is -0.228. The Morgan fingerprint density at radius 3 is 2.33 bits per heavy atom. The quantitative estimate of drug-likeness (QED) is 0.217. The van der Waals surface area contributed by atoms with E-state index in [1.807, 2.05) is 13.8 Å². The van der Waals surface area contributed by atoms with Crippen molar-refractivity contribution >= 4 is 35.9 Å². The van der Waals surface area contributed by atoms with Gasteiger partial charge in [-0.05, 0) is 46.3 Å². The summed E-state index contributed by atoms with van der Waals surface area (Å²) in [6.07, 6.45) is 2.25. The number of aliphatic imine (C=N–C) groups is 1. The summed E-state index contributed by atoms with van der Waals surface area (Å²) in [5, 5.41) is 6.63. The molecular formula is C17H37IN4O2. The molecule has 0 aliphatic heterocycles. The molecule has 0 fully saturated rings. The molecule has 0 bridgehead atoms. The van der Waals surface area contributed by atoms with Gasteiger partial charge < -0.3 is 20.3 Å². The van der Waals surface area contributed by atoms with E-state index in [0.717, 1.165) is 45.0 Å². The summed E-state index contributed by atoms with van der Waals surface area (Å²) < 4.78 is 4.73. The SMILES string of the molecule is CCNC(=NCC(C)C(=O)OC)NC(C)CCCN(CC)CC.I. The van der Waals surface area contributed by atoms with Crippen LogP contribution in [-0.2, 0) is 9.53 Å². The van der Waals surface area contributed by atoms with Gasteiger partial charge in [-0.1, -0.05) is 20.8 Å². The van der Waals surface area contributed by atoms with E-state index in [4.69, 9.17) is 4.74 Å². The van der Waals surface area contributed by atoms with Crippen molar-refractivity contribution in [1.29, 1.82) is 0 Å². The zero-order valence-electron chi connectivity index (χ0n) is 16.2. The Balaban J connectivity index is 0. The topological polar surface area (TPSA) is 66.0 Å². The molecule has 0 aliphatic carbocycles. The summed E-state index contributed by atoms with van der Waals surface area (Å²) in [6, 6.07) is 0.344. The van der Waals surface area contributed by atoms with Gasteiger partial charge in [0.15, 0.2) is 5.96 Å². The van der Waals surface area contributed by atoms with Gasteiger partial charge in [-0.2, -0.15) is 0 Å². The Kier molecular flexibility index (Phi) is 17.0. The molecule has 0 heterocycles. The molecule has 2 atom stereocenters. The average molecular weight is 456 g/mol. The van der Waals surface area contributed by atoms with Crippen LogP contribution in [0.1, 0.15) is 47.5 Å². The standard InChI is InChI=1S/C17H36N4O2.HI/c1-7-18-17(19-13-14(4)16(22)23-6)20-15(5)11-10-12-21(8-2)9-3;/h14-15H,7-13H2,1-6H3,(H2,18,19,20);1H. The number of halogens is 1. The zero-order valence-corrected chi connectivity index (χ0v) is 18.6. The van der Waals surface area contributed by atoms with Crippen LogP contribution >= 0.6 is 24.0 Å². The molecule has 2 N–H and O–H groups in total. The molecule has 144 valence electrons. The fourth-order valence-electron chi connectivity index (χ4n) is 2.29. The number of nitrogens with one attached hydrogen (secondary N) is 2. The second kappa shape index (κ2) is 15.9. The van der Waals surface area contributed by atoms with Gasteiger partial charge in [0.1, 0.15) is 0 Å². The molecule has 7 heteroatoms. The molecule has 0 aromatic carbocycles. The van der Waals surface area contributed by atoms with E-state index in [9.17, 15) is 4.79 Å². The van der Waals surface area contributed by atoms with Crippen molar-refractivity contribution in [3.05, 3.63) is 0 Å². The summed E-state index contributed by atoms with van der Waals surface area (Å²) in [7, 11) is 1.41. The first-order valence-electron chi connectivity index (χ1n) is 8.83. The van der Waals surface area contributed by atoms with Gasteiger partial charge in [-0.15, -0.1) is 24.0 Å². The lowest BCUT2D eigenvalue weighted by Gasteiger charge is -2.21. The van der Waals surface area contributed by atoms with Crippen molar-refractivity contribution in [2.75, 3.05) is 39.8 Å². The number of hydrogen-bond acceptors (Lipinski definition) is 4. The predicted octanol–water partition coefficient (Wildman–Crippen LogP) is 2.48. The first-order chi connectivity index (χ1) is 11.0. The highest BCUT2D eigenvalue weighted by atomic mass is 127. The van der Waals surface area contributed by atoms with E-state index in [1.165, 1.54) is 7.11 Å². The number of rotatable bonds is 11. The minimum absolute atomic E-state index is 0. The Labute approximate surface area is 165 Å². The van der Waals surface area contributed by atoms with Crippen LogP contribution in [-0.4, -0.2) is 62.7 Å². The summed E-state index contributed by atoms with van der Waals surface area (Å²) >= 11 is 0. The van der Waals surface area contributed by atoms with E-state index >= 15 is 0 Å². The number of esters is 1. The van der Waals surface area contributed by atoms with Gasteiger partial charge in [-0.3, -0.25) is 9.79 Å². The molecule has 0 spiro atoms. The van der Waals surface area contributed by atoms with Crippen LogP contribution in [0.5, 0.6) is 0 Å². The fraction of sp³-hybridized carbons (Fsp3) is 0.882. The van der Waals surface area contributed by atoms with E-state index in [-0.39, 0.29) is 35.9 Å². The van der Waals surface area contributed by atoms with Gasteiger partial charge in [0.25, 0.3) is 0 Å². The van der Waals surface area contributed by atoms with Crippen LogP contribution in [0.2, 0.25) is 0 Å². The smallest absolute Gasteiger partial charge is 0.310 e. The lowest BCUT2D eigenvalue weighted by molar-refractivity contribution is -0.144. The molecule has 0 saturated carbocycles. The third-order valence-electron chi connectivity index (χ3n) is 3.86. The molecule has 0 aromatic heterocycles. The number of carbonyl (C=O) groups excluding carboxylic acids is 1. The second-order valence-electron chi connectivity index (χ2n) is 5.86. The molecule has 0 aliphatic rings. The molecule has 2 unspecified atom stereocenters. The molecular weight excluding hydrogens is 419 g/mol. The Bertz CT molecular complexity index is 349. The number of carbonyl (C=O) groups is 1. The van der Waals surface area contributed by atoms with Crippen LogP contribution in [0, 0.1) is 5.92 Å². The van der Waals surface area contributed by atoms with E-state index in [0.29, 0.717) is 12.6 Å². The number of hydrogen-bond donors (Lipinski definition) is 2. The van der Waals surface area contributed by atoms with Crippen LogP contribution in [0.4, 0.5) is 0 Å². The third-order valence-corrected chi connectivity index (χ3v) is 3.86. The first kappa shape index (κ1) is 25.7. The van der Waals surface area contributed by atoms with Gasteiger partial charge in [-0.25, -0.2) is 0 Å². The highest BCUT2D eigenvalue weighted by Crippen LogP contribution is 2.01. The molecule has 0 aromatic rings. The van der Waals surface area contributed by atoms with Gasteiger partial charge in [0.2, 0.25) is 0 Å². The van der Waals surface area contributed by atoms with Crippen molar-refractivity contribution in [3.63, 3.8) is 0 Å². The minimum Gasteiger partial charge on any atom is -0.469 e. The zero-order chi connectivity index (χ0) is 17.7. The van der Waals surface area contributed by atoms with Crippen molar-refractivity contribution in [2.24, 2.45) is 10.9 Å². The summed E-state index contributed by atoms with van der Waals surface area (Å²) in [4.78, 5) is 18.3. The Morgan fingerprint density at radius 1 is 1.21 bits per heavy atom. The fourth-order valence-corrected chi connectivity index (χ4v) is 2.29. The average Bonchev–Trinajstić information content (AvgIpc) is 2.55. The van der Waals surface area contributed by atoms with E-state index < -0.39 is 0 Å². The number of nitrogens with zero attached hydrogens (tertiary/aromatic N) is 2. The molecule has 0 saturated heterocycles. The van der Waals surface area contributed by atoms with Crippen molar-refractivity contribution in [1.82, 2.24) is 15.5 Å². The summed E-state index contributed by atoms with van der Waals surface area (Å²) in [6.45, 7) is 15.0. The Hall–Kier alpha value is -0.570. The predicted molar refractivity (Wildman–Crippen MR) is 112 cm³/mol. The number of guanidine groups is 1. The molecule has 0 amide bonds. The van der Waals surface area contributed by atoms with Crippen molar-refractivity contribution < 1.29 is 9.53 Å². The van der Waals surface area contributed by atoms with Crippen molar-refractivity contribution in [3.8, 4) is 0 Å². The van der Waals surface area contributed by atoms with Gasteiger partial charge >= 0.3 is 5.97 Å². The molecule has 0 radical (unpaired) electrons. The number of ether oxygens (including phenoxy) is 1. The maximum atomic E-state index is 11.4. The van der Waals surface area contributed by atoms with Gasteiger partial charge in [0.05, 0.1) is 19.6 Å². The third kappa shape index (κ3) is 11.9.